The van der Waals surface area contributed by atoms with Gasteiger partial charge in [0.05, 0.1) is 6.54 Å². The molecule has 21 heavy (non-hydrogen) atoms. The smallest absolute Gasteiger partial charge is 0.247 e. The van der Waals surface area contributed by atoms with Crippen molar-refractivity contribution < 1.29 is 12.8 Å². The predicted octanol–water partition coefficient (Wildman–Crippen LogP) is 2.67. The minimum absolute atomic E-state index is 0.139. The Balaban J connectivity index is 3.10. The molecule has 0 aromatic carbocycles. The second kappa shape index (κ2) is 7.24. The molecule has 1 aromatic rings. The number of nitrogens with one attached hydrogen (secondary N) is 1. The standard InChI is InChI=1S/C15H26N2O3S/c1-7-8-17(12(4)5)21(18,19)15-9-14(20-13(15)6)10-16-11(2)3/h7,9,11-12,16H,1,8,10H2,2-6H3. The molecule has 0 aliphatic rings. The van der Waals surface area contributed by atoms with Gasteiger partial charge in [-0.15, -0.1) is 6.58 Å². The number of hydrogen-bond acceptors (Lipinski definition) is 4. The molecule has 0 aliphatic carbocycles. The van der Waals surface area contributed by atoms with Crippen molar-refractivity contribution in [2.45, 2.75) is 58.1 Å². The molecule has 0 unspecified atom stereocenters. The van der Waals surface area contributed by atoms with E-state index in [2.05, 4.69) is 11.9 Å². The van der Waals surface area contributed by atoms with Crippen molar-refractivity contribution in [3.8, 4) is 0 Å². The maximum absolute atomic E-state index is 12.7. The number of furan rings is 1. The summed E-state index contributed by atoms with van der Waals surface area (Å²) >= 11 is 0. The summed E-state index contributed by atoms with van der Waals surface area (Å²) < 4.78 is 32.4. The van der Waals surface area contributed by atoms with Gasteiger partial charge in [0.2, 0.25) is 10.0 Å². The Bertz CT molecular complexity index is 574. The van der Waals surface area contributed by atoms with Crippen LogP contribution < -0.4 is 5.32 Å². The summed E-state index contributed by atoms with van der Waals surface area (Å²) in [6, 6.07) is 1.78. The average Bonchev–Trinajstić information content (AvgIpc) is 2.75. The van der Waals surface area contributed by atoms with Gasteiger partial charge in [-0.1, -0.05) is 19.9 Å². The zero-order valence-corrected chi connectivity index (χ0v) is 14.3. The van der Waals surface area contributed by atoms with Crippen LogP contribution in [0.25, 0.3) is 0 Å². The molecule has 0 saturated carbocycles. The Labute approximate surface area is 128 Å². The third-order valence-electron chi connectivity index (χ3n) is 3.08. The Kier molecular flexibility index (Phi) is 6.19. The lowest BCUT2D eigenvalue weighted by Gasteiger charge is -2.24. The summed E-state index contributed by atoms with van der Waals surface area (Å²) in [5, 5.41) is 3.21. The summed E-state index contributed by atoms with van der Waals surface area (Å²) in [5.41, 5.74) is 0. The summed E-state index contributed by atoms with van der Waals surface area (Å²) in [4.78, 5) is 0.235. The number of hydrogen-bond donors (Lipinski definition) is 1. The van der Waals surface area contributed by atoms with E-state index in [4.69, 9.17) is 4.42 Å². The first-order chi connectivity index (χ1) is 9.70. The van der Waals surface area contributed by atoms with Crippen LogP contribution in [0.5, 0.6) is 0 Å². The highest BCUT2D eigenvalue weighted by Crippen LogP contribution is 2.25. The minimum Gasteiger partial charge on any atom is -0.464 e. The molecule has 0 atom stereocenters. The summed E-state index contributed by atoms with van der Waals surface area (Å²) in [6.07, 6.45) is 1.59. The second-order valence-electron chi connectivity index (χ2n) is 5.63. The van der Waals surface area contributed by atoms with Crippen LogP contribution in [-0.4, -0.2) is 31.4 Å². The molecular formula is C15H26N2O3S. The van der Waals surface area contributed by atoms with Gasteiger partial charge in [-0.05, 0) is 20.8 Å². The molecule has 0 bridgehead atoms. The quantitative estimate of drug-likeness (QED) is 0.749. The Hall–Kier alpha value is -1.11. The monoisotopic (exact) mass is 314 g/mol. The van der Waals surface area contributed by atoms with Crippen LogP contribution in [0.2, 0.25) is 0 Å². The number of sulfonamides is 1. The molecule has 1 heterocycles. The number of rotatable bonds is 8. The zero-order chi connectivity index (χ0) is 16.2. The van der Waals surface area contributed by atoms with E-state index in [0.29, 0.717) is 24.1 Å². The lowest BCUT2D eigenvalue weighted by atomic mass is 10.3. The highest BCUT2D eigenvalue weighted by atomic mass is 32.2. The van der Waals surface area contributed by atoms with E-state index in [1.807, 2.05) is 27.7 Å². The van der Waals surface area contributed by atoms with Crippen molar-refractivity contribution in [3.63, 3.8) is 0 Å². The first-order valence-electron chi connectivity index (χ1n) is 7.15. The fraction of sp³-hybridized carbons (Fsp3) is 0.600. The zero-order valence-electron chi connectivity index (χ0n) is 13.5. The molecule has 5 nitrogen and oxygen atoms in total. The normalized spacial score (nSPS) is 12.6. The van der Waals surface area contributed by atoms with Crippen molar-refractivity contribution >= 4 is 10.0 Å². The molecular weight excluding hydrogens is 288 g/mol. The van der Waals surface area contributed by atoms with Crippen molar-refractivity contribution in [2.75, 3.05) is 6.54 Å². The molecule has 120 valence electrons. The highest BCUT2D eigenvalue weighted by molar-refractivity contribution is 7.89. The molecule has 0 saturated heterocycles. The first-order valence-corrected chi connectivity index (χ1v) is 8.59. The lowest BCUT2D eigenvalue weighted by molar-refractivity contribution is 0.381. The van der Waals surface area contributed by atoms with Gasteiger partial charge in [0, 0.05) is 24.7 Å². The van der Waals surface area contributed by atoms with Crippen LogP contribution in [0.4, 0.5) is 0 Å². The van der Waals surface area contributed by atoms with E-state index in [9.17, 15) is 8.42 Å². The van der Waals surface area contributed by atoms with Gasteiger partial charge in [-0.2, -0.15) is 4.31 Å². The molecule has 0 aliphatic heterocycles. The van der Waals surface area contributed by atoms with Crippen molar-refractivity contribution in [1.82, 2.24) is 9.62 Å². The number of aryl methyl sites for hydroxylation is 1. The van der Waals surface area contributed by atoms with Crippen LogP contribution in [0.1, 0.15) is 39.2 Å². The SMILES string of the molecule is C=CCN(C(C)C)S(=O)(=O)c1cc(CNC(C)C)oc1C. The Morgan fingerprint density at radius 2 is 2.00 bits per heavy atom. The van der Waals surface area contributed by atoms with E-state index in [1.54, 1.807) is 19.1 Å². The van der Waals surface area contributed by atoms with E-state index in [1.165, 1.54) is 4.31 Å². The van der Waals surface area contributed by atoms with Gasteiger partial charge in [0.25, 0.3) is 0 Å². The number of nitrogens with zero attached hydrogens (tertiary/aromatic N) is 1. The minimum atomic E-state index is -3.57. The lowest BCUT2D eigenvalue weighted by Crippen LogP contribution is -2.37. The second-order valence-corrected chi connectivity index (χ2v) is 7.48. The molecule has 1 aromatic heterocycles. The maximum Gasteiger partial charge on any atom is 0.247 e. The van der Waals surface area contributed by atoms with Crippen molar-refractivity contribution in [1.29, 1.82) is 0 Å². The highest BCUT2D eigenvalue weighted by Gasteiger charge is 2.29. The molecule has 0 amide bonds. The Morgan fingerprint density at radius 3 is 2.48 bits per heavy atom. The third-order valence-corrected chi connectivity index (χ3v) is 5.23. The van der Waals surface area contributed by atoms with Gasteiger partial charge in [0.1, 0.15) is 16.4 Å². The average molecular weight is 314 g/mol. The van der Waals surface area contributed by atoms with Crippen LogP contribution in [0.15, 0.2) is 28.0 Å². The molecule has 6 heteroatoms. The van der Waals surface area contributed by atoms with E-state index < -0.39 is 10.0 Å². The van der Waals surface area contributed by atoms with Gasteiger partial charge in [0.15, 0.2) is 0 Å². The van der Waals surface area contributed by atoms with E-state index >= 15 is 0 Å². The maximum atomic E-state index is 12.7. The summed E-state index contributed by atoms with van der Waals surface area (Å²) in [5.74, 6) is 1.05. The van der Waals surface area contributed by atoms with Gasteiger partial charge >= 0.3 is 0 Å². The van der Waals surface area contributed by atoms with Crippen LogP contribution >= 0.6 is 0 Å². The van der Waals surface area contributed by atoms with Gasteiger partial charge in [-0.25, -0.2) is 8.42 Å². The van der Waals surface area contributed by atoms with Crippen LogP contribution in [0, 0.1) is 6.92 Å². The molecule has 0 spiro atoms. The fourth-order valence-corrected chi connectivity index (χ4v) is 3.81. The molecule has 1 N–H and O–H groups in total. The largest absolute Gasteiger partial charge is 0.464 e. The van der Waals surface area contributed by atoms with Gasteiger partial charge in [-0.3, -0.25) is 0 Å². The van der Waals surface area contributed by atoms with Crippen molar-refractivity contribution in [3.05, 3.63) is 30.2 Å². The predicted molar refractivity (Wildman–Crippen MR) is 84.6 cm³/mol. The molecule has 0 radical (unpaired) electrons. The third kappa shape index (κ3) is 4.43. The van der Waals surface area contributed by atoms with Crippen LogP contribution in [-0.2, 0) is 16.6 Å². The van der Waals surface area contributed by atoms with Crippen molar-refractivity contribution in [2.24, 2.45) is 0 Å². The first kappa shape index (κ1) is 17.9. The molecule has 1 rings (SSSR count). The Morgan fingerprint density at radius 1 is 1.38 bits per heavy atom. The van der Waals surface area contributed by atoms with E-state index in [0.717, 1.165) is 0 Å². The summed E-state index contributed by atoms with van der Waals surface area (Å²) in [6.45, 7) is 13.8. The van der Waals surface area contributed by atoms with Crippen LogP contribution in [0.3, 0.4) is 0 Å². The van der Waals surface area contributed by atoms with E-state index in [-0.39, 0.29) is 17.5 Å². The topological polar surface area (TPSA) is 62.6 Å². The molecule has 0 fully saturated rings. The summed E-state index contributed by atoms with van der Waals surface area (Å²) in [7, 11) is -3.57. The van der Waals surface area contributed by atoms with Gasteiger partial charge < -0.3 is 9.73 Å². The fourth-order valence-electron chi connectivity index (χ4n) is 2.01.